The summed E-state index contributed by atoms with van der Waals surface area (Å²) in [6, 6.07) is 0. The van der Waals surface area contributed by atoms with Gasteiger partial charge in [-0.15, -0.1) is 5.10 Å². The standard InChI is InChI=1S/C7H8N6OS/c8-6-4(2-10-12-6)1-9-7(14)5-3-15-13-11-5/h2-3H,1H2,(H,9,14)(H3,8,10,12). The van der Waals surface area contributed by atoms with Gasteiger partial charge < -0.3 is 11.1 Å². The van der Waals surface area contributed by atoms with Gasteiger partial charge in [0.05, 0.1) is 6.20 Å². The zero-order chi connectivity index (χ0) is 10.7. The van der Waals surface area contributed by atoms with E-state index >= 15 is 0 Å². The van der Waals surface area contributed by atoms with E-state index in [0.29, 0.717) is 18.1 Å². The molecule has 1 amide bonds. The maximum Gasteiger partial charge on any atom is 0.273 e. The van der Waals surface area contributed by atoms with E-state index < -0.39 is 0 Å². The van der Waals surface area contributed by atoms with Gasteiger partial charge in [0, 0.05) is 17.5 Å². The molecule has 2 aromatic heterocycles. The molecule has 0 aliphatic carbocycles. The van der Waals surface area contributed by atoms with Crippen molar-refractivity contribution in [2.75, 3.05) is 5.73 Å². The van der Waals surface area contributed by atoms with Gasteiger partial charge >= 0.3 is 0 Å². The van der Waals surface area contributed by atoms with E-state index in [2.05, 4.69) is 25.1 Å². The molecule has 15 heavy (non-hydrogen) atoms. The zero-order valence-corrected chi connectivity index (χ0v) is 8.41. The predicted octanol–water partition coefficient (Wildman–Crippen LogP) is -0.227. The van der Waals surface area contributed by atoms with Crippen LogP contribution in [0.4, 0.5) is 5.82 Å². The number of aromatic nitrogens is 4. The first-order chi connectivity index (χ1) is 7.27. The molecule has 0 bridgehead atoms. The van der Waals surface area contributed by atoms with Gasteiger partial charge in [-0.2, -0.15) is 5.10 Å². The Hall–Kier alpha value is -1.96. The molecule has 78 valence electrons. The summed E-state index contributed by atoms with van der Waals surface area (Å²) >= 11 is 1.13. The molecular weight excluding hydrogens is 216 g/mol. The number of hydrogen-bond acceptors (Lipinski definition) is 6. The maximum absolute atomic E-state index is 11.4. The molecule has 7 nitrogen and oxygen atoms in total. The van der Waals surface area contributed by atoms with Crippen molar-refractivity contribution in [3.8, 4) is 0 Å². The van der Waals surface area contributed by atoms with E-state index in [4.69, 9.17) is 5.73 Å². The fraction of sp³-hybridized carbons (Fsp3) is 0.143. The molecule has 2 heterocycles. The molecule has 4 N–H and O–H groups in total. The minimum atomic E-state index is -0.274. The number of nitrogens with zero attached hydrogens (tertiary/aromatic N) is 3. The molecule has 0 aromatic carbocycles. The monoisotopic (exact) mass is 224 g/mol. The number of H-pyrrole nitrogens is 1. The smallest absolute Gasteiger partial charge is 0.273 e. The summed E-state index contributed by atoms with van der Waals surface area (Å²) in [6.45, 7) is 0.318. The first kappa shape index (κ1) is 9.59. The van der Waals surface area contributed by atoms with Gasteiger partial charge in [0.15, 0.2) is 5.69 Å². The molecule has 0 saturated heterocycles. The molecule has 0 aliphatic rings. The largest absolute Gasteiger partial charge is 0.384 e. The predicted molar refractivity (Wildman–Crippen MR) is 54.1 cm³/mol. The highest BCUT2D eigenvalue weighted by molar-refractivity contribution is 7.03. The first-order valence-electron chi connectivity index (χ1n) is 4.10. The molecule has 0 radical (unpaired) electrons. The summed E-state index contributed by atoms with van der Waals surface area (Å²) in [6.07, 6.45) is 1.56. The van der Waals surface area contributed by atoms with E-state index in [0.717, 1.165) is 17.1 Å². The number of nitrogens with two attached hydrogens (primary N) is 1. The van der Waals surface area contributed by atoms with Crippen LogP contribution in [-0.4, -0.2) is 25.7 Å². The van der Waals surface area contributed by atoms with E-state index in [1.165, 1.54) is 0 Å². The van der Waals surface area contributed by atoms with Crippen molar-refractivity contribution in [2.45, 2.75) is 6.54 Å². The normalized spacial score (nSPS) is 10.1. The van der Waals surface area contributed by atoms with Crippen LogP contribution in [0.1, 0.15) is 16.1 Å². The summed E-state index contributed by atoms with van der Waals surface area (Å²) in [5, 5.41) is 14.2. The Labute approximate surface area is 88.9 Å². The van der Waals surface area contributed by atoms with Gasteiger partial charge in [-0.3, -0.25) is 9.89 Å². The Kier molecular flexibility index (Phi) is 2.59. The number of anilines is 1. The minimum Gasteiger partial charge on any atom is -0.384 e. The third-order valence-corrected chi connectivity index (χ3v) is 2.29. The van der Waals surface area contributed by atoms with Crippen LogP contribution >= 0.6 is 11.5 Å². The van der Waals surface area contributed by atoms with Gasteiger partial charge in [0.25, 0.3) is 5.91 Å². The minimum absolute atomic E-state index is 0.274. The van der Waals surface area contributed by atoms with E-state index in [1.807, 2.05) is 0 Å². The van der Waals surface area contributed by atoms with Crippen molar-refractivity contribution < 1.29 is 4.79 Å². The SMILES string of the molecule is Nc1[nH]ncc1CNC(=O)c1csnn1. The van der Waals surface area contributed by atoms with Gasteiger partial charge in [0.1, 0.15) is 5.82 Å². The lowest BCUT2D eigenvalue weighted by Crippen LogP contribution is -2.23. The van der Waals surface area contributed by atoms with Crippen LogP contribution in [-0.2, 0) is 6.54 Å². The molecule has 8 heteroatoms. The third kappa shape index (κ3) is 2.10. The molecule has 0 aliphatic heterocycles. The highest BCUT2D eigenvalue weighted by atomic mass is 32.1. The quantitative estimate of drug-likeness (QED) is 0.667. The van der Waals surface area contributed by atoms with Gasteiger partial charge in [-0.1, -0.05) is 4.49 Å². The number of carbonyl (C=O) groups excluding carboxylic acids is 1. The fourth-order valence-corrected chi connectivity index (χ4v) is 1.43. The van der Waals surface area contributed by atoms with Crippen LogP contribution in [0.2, 0.25) is 0 Å². The average molecular weight is 224 g/mol. The molecule has 0 unspecified atom stereocenters. The van der Waals surface area contributed by atoms with Crippen molar-refractivity contribution >= 4 is 23.3 Å². The Morgan fingerprint density at radius 1 is 1.67 bits per heavy atom. The summed E-state index contributed by atoms with van der Waals surface area (Å²) in [5.74, 6) is 0.177. The fourth-order valence-electron chi connectivity index (χ4n) is 0.992. The summed E-state index contributed by atoms with van der Waals surface area (Å²) in [5.41, 5.74) is 6.60. The Bertz CT molecular complexity index is 450. The number of rotatable bonds is 3. The van der Waals surface area contributed by atoms with Crippen molar-refractivity contribution in [1.29, 1.82) is 0 Å². The molecule has 0 fully saturated rings. The van der Waals surface area contributed by atoms with Crippen LogP contribution in [0.15, 0.2) is 11.6 Å². The Morgan fingerprint density at radius 2 is 2.53 bits per heavy atom. The van der Waals surface area contributed by atoms with Crippen LogP contribution in [0.5, 0.6) is 0 Å². The molecule has 2 aromatic rings. The highest BCUT2D eigenvalue weighted by Crippen LogP contribution is 2.05. The Morgan fingerprint density at radius 3 is 3.13 bits per heavy atom. The van der Waals surface area contributed by atoms with Crippen molar-refractivity contribution in [1.82, 2.24) is 25.1 Å². The number of aromatic amines is 1. The van der Waals surface area contributed by atoms with Crippen molar-refractivity contribution in [2.24, 2.45) is 0 Å². The third-order valence-electron chi connectivity index (χ3n) is 1.78. The number of carbonyl (C=O) groups is 1. The summed E-state index contributed by atoms with van der Waals surface area (Å²) in [7, 11) is 0. The van der Waals surface area contributed by atoms with E-state index in [9.17, 15) is 4.79 Å². The van der Waals surface area contributed by atoms with Crippen LogP contribution < -0.4 is 11.1 Å². The number of nitrogens with one attached hydrogen (secondary N) is 2. The molecule has 0 atom stereocenters. The van der Waals surface area contributed by atoms with Crippen molar-refractivity contribution in [3.63, 3.8) is 0 Å². The Balaban J connectivity index is 1.95. The summed E-state index contributed by atoms with van der Waals surface area (Å²) in [4.78, 5) is 11.4. The van der Waals surface area contributed by atoms with Crippen molar-refractivity contribution in [3.05, 3.63) is 22.8 Å². The van der Waals surface area contributed by atoms with Crippen LogP contribution in [0, 0.1) is 0 Å². The number of amides is 1. The lowest BCUT2D eigenvalue weighted by molar-refractivity contribution is 0.0946. The zero-order valence-electron chi connectivity index (χ0n) is 7.60. The lowest BCUT2D eigenvalue weighted by Gasteiger charge is -2.00. The lowest BCUT2D eigenvalue weighted by atomic mass is 10.3. The van der Waals surface area contributed by atoms with E-state index in [-0.39, 0.29) is 5.91 Å². The van der Waals surface area contributed by atoms with E-state index in [1.54, 1.807) is 11.6 Å². The second kappa shape index (κ2) is 4.05. The average Bonchev–Trinajstić information content (AvgIpc) is 2.85. The second-order valence-corrected chi connectivity index (χ2v) is 3.39. The van der Waals surface area contributed by atoms with Crippen LogP contribution in [0.3, 0.4) is 0 Å². The van der Waals surface area contributed by atoms with Crippen LogP contribution in [0.25, 0.3) is 0 Å². The van der Waals surface area contributed by atoms with Gasteiger partial charge in [0.2, 0.25) is 0 Å². The molecule has 0 saturated carbocycles. The van der Waals surface area contributed by atoms with Gasteiger partial charge in [-0.05, 0) is 11.5 Å². The topological polar surface area (TPSA) is 110 Å². The molecule has 2 rings (SSSR count). The highest BCUT2D eigenvalue weighted by Gasteiger charge is 2.09. The van der Waals surface area contributed by atoms with Gasteiger partial charge in [-0.25, -0.2) is 0 Å². The number of nitrogen functional groups attached to an aromatic ring is 1. The maximum atomic E-state index is 11.4. The second-order valence-electron chi connectivity index (χ2n) is 2.78. The molecular formula is C7H8N6OS. The summed E-state index contributed by atoms with van der Waals surface area (Å²) < 4.78 is 3.59. The first-order valence-corrected chi connectivity index (χ1v) is 4.94. The molecule has 0 spiro atoms. The number of hydrogen-bond donors (Lipinski definition) is 3.